The van der Waals surface area contributed by atoms with E-state index in [0.29, 0.717) is 21.8 Å². The van der Waals surface area contributed by atoms with E-state index in [-0.39, 0.29) is 16.5 Å². The second-order valence-electron chi connectivity index (χ2n) is 4.43. The number of anilines is 1. The number of aromatic nitrogens is 1. The Morgan fingerprint density at radius 1 is 1.29 bits per heavy atom. The number of hydrogen-bond donors (Lipinski definition) is 1. The minimum absolute atomic E-state index is 0.0370. The van der Waals surface area contributed by atoms with Crippen LogP contribution < -0.4 is 5.73 Å². The number of nitrogens with zero attached hydrogens (tertiary/aromatic N) is 1. The molecule has 0 aliphatic carbocycles. The minimum atomic E-state index is -1.61. The Kier molecular flexibility index (Phi) is 3.65. The summed E-state index contributed by atoms with van der Waals surface area (Å²) < 4.78 is 31.3. The molecule has 3 aromatic rings. The van der Waals surface area contributed by atoms with Crippen LogP contribution in [0.3, 0.4) is 0 Å². The second kappa shape index (κ2) is 5.46. The maximum Gasteiger partial charge on any atom is 0.288 e. The topological polar surface area (TPSA) is 69.1 Å². The Balaban J connectivity index is 1.91. The van der Waals surface area contributed by atoms with Crippen molar-refractivity contribution in [3.05, 3.63) is 52.8 Å². The molecule has 0 saturated heterocycles. The number of fused-ring (bicyclic) bond motifs is 1. The van der Waals surface area contributed by atoms with Gasteiger partial charge >= 0.3 is 0 Å². The predicted octanol–water partition coefficient (Wildman–Crippen LogP) is 3.51. The molecule has 3 rings (SSSR count). The molecule has 108 valence electrons. The number of hydrogen-bond acceptors (Lipinski definition) is 4. The monoisotopic (exact) mass is 324 g/mol. The molecule has 0 aliphatic rings. The minimum Gasteiger partial charge on any atom is -0.430 e. The molecule has 0 fully saturated rings. The average molecular weight is 325 g/mol. The van der Waals surface area contributed by atoms with Crippen molar-refractivity contribution in [1.29, 1.82) is 0 Å². The van der Waals surface area contributed by atoms with Gasteiger partial charge in [0.1, 0.15) is 22.1 Å². The van der Waals surface area contributed by atoms with Gasteiger partial charge in [0.2, 0.25) is 0 Å². The zero-order valence-electron chi connectivity index (χ0n) is 10.7. The van der Waals surface area contributed by atoms with E-state index in [4.69, 9.17) is 21.8 Å². The Morgan fingerprint density at radius 3 is 2.90 bits per heavy atom. The van der Waals surface area contributed by atoms with Crippen LogP contribution in [0.1, 0.15) is 5.56 Å². The fraction of sp³-hybridized carbons (Fsp3) is 0.0714. The van der Waals surface area contributed by atoms with Gasteiger partial charge < -0.3 is 10.2 Å². The van der Waals surface area contributed by atoms with E-state index in [0.717, 1.165) is 0 Å². The summed E-state index contributed by atoms with van der Waals surface area (Å²) in [4.78, 5) is 4.12. The summed E-state index contributed by atoms with van der Waals surface area (Å²) in [5.41, 5.74) is 7.42. The molecule has 2 aromatic carbocycles. The van der Waals surface area contributed by atoms with Crippen LogP contribution >= 0.6 is 11.6 Å². The van der Waals surface area contributed by atoms with Gasteiger partial charge in [-0.1, -0.05) is 11.6 Å². The van der Waals surface area contributed by atoms with Crippen LogP contribution in [-0.4, -0.2) is 9.19 Å². The summed E-state index contributed by atoms with van der Waals surface area (Å²) in [6, 6.07) is 9.06. The van der Waals surface area contributed by atoms with Crippen molar-refractivity contribution >= 4 is 39.2 Å². The zero-order valence-corrected chi connectivity index (χ0v) is 12.2. The highest BCUT2D eigenvalue weighted by molar-refractivity contribution is 7.84. The lowest BCUT2D eigenvalue weighted by Gasteiger charge is -2.01. The maximum atomic E-state index is 13.6. The molecule has 0 bridgehead atoms. The van der Waals surface area contributed by atoms with Gasteiger partial charge in [0, 0.05) is 22.3 Å². The number of benzene rings is 2. The van der Waals surface area contributed by atoms with Crippen LogP contribution in [0.15, 0.2) is 46.0 Å². The van der Waals surface area contributed by atoms with Gasteiger partial charge in [-0.15, -0.1) is 0 Å². The molecule has 0 saturated carbocycles. The molecular formula is C14H10ClFN2O2S. The van der Waals surface area contributed by atoms with Crippen LogP contribution in [-0.2, 0) is 16.6 Å². The molecule has 0 radical (unpaired) electrons. The number of oxazole rings is 1. The van der Waals surface area contributed by atoms with E-state index in [1.165, 1.54) is 18.2 Å². The molecule has 1 aromatic heterocycles. The van der Waals surface area contributed by atoms with Crippen molar-refractivity contribution in [3.63, 3.8) is 0 Å². The number of nitrogens with two attached hydrogens (primary N) is 1. The first-order chi connectivity index (χ1) is 10.0. The van der Waals surface area contributed by atoms with E-state index in [2.05, 4.69) is 4.98 Å². The van der Waals surface area contributed by atoms with Crippen molar-refractivity contribution in [3.8, 4) is 0 Å². The smallest absolute Gasteiger partial charge is 0.288 e. The highest BCUT2D eigenvalue weighted by Gasteiger charge is 2.16. The first-order valence-electron chi connectivity index (χ1n) is 6.01. The van der Waals surface area contributed by atoms with Crippen molar-refractivity contribution in [2.45, 2.75) is 11.0 Å². The van der Waals surface area contributed by atoms with Crippen LogP contribution in [0.5, 0.6) is 0 Å². The number of halogens is 2. The number of rotatable bonds is 3. The lowest BCUT2D eigenvalue weighted by atomic mass is 10.2. The maximum absolute atomic E-state index is 13.6. The van der Waals surface area contributed by atoms with Crippen molar-refractivity contribution < 1.29 is 13.0 Å². The van der Waals surface area contributed by atoms with Gasteiger partial charge in [-0.25, -0.2) is 13.6 Å². The highest BCUT2D eigenvalue weighted by atomic mass is 35.5. The molecule has 7 heteroatoms. The lowest BCUT2D eigenvalue weighted by Crippen LogP contribution is -1.99. The molecule has 0 amide bonds. The first-order valence-corrected chi connectivity index (χ1v) is 7.71. The van der Waals surface area contributed by atoms with Crippen molar-refractivity contribution in [2.24, 2.45) is 0 Å². The fourth-order valence-corrected chi connectivity index (χ4v) is 3.08. The van der Waals surface area contributed by atoms with Gasteiger partial charge in [-0.05, 0) is 30.3 Å². The Morgan fingerprint density at radius 2 is 2.10 bits per heavy atom. The summed E-state index contributed by atoms with van der Waals surface area (Å²) in [7, 11) is -1.61. The third-order valence-corrected chi connectivity index (χ3v) is 4.25. The Bertz CT molecular complexity index is 850. The van der Waals surface area contributed by atoms with Crippen LogP contribution in [0.25, 0.3) is 11.1 Å². The molecular weight excluding hydrogens is 315 g/mol. The molecule has 1 atom stereocenters. The molecule has 2 N–H and O–H groups in total. The molecule has 1 heterocycles. The zero-order chi connectivity index (χ0) is 15.0. The van der Waals surface area contributed by atoms with Crippen molar-refractivity contribution in [2.75, 3.05) is 5.73 Å². The van der Waals surface area contributed by atoms with Gasteiger partial charge in [0.15, 0.2) is 5.58 Å². The highest BCUT2D eigenvalue weighted by Crippen LogP contribution is 2.23. The molecule has 0 spiro atoms. The summed E-state index contributed by atoms with van der Waals surface area (Å²) in [5, 5.41) is 0.420. The summed E-state index contributed by atoms with van der Waals surface area (Å²) in [6.07, 6.45) is 0. The molecule has 21 heavy (non-hydrogen) atoms. The quantitative estimate of drug-likeness (QED) is 0.748. The molecule has 1 unspecified atom stereocenters. The van der Waals surface area contributed by atoms with Gasteiger partial charge in [0.05, 0.1) is 5.75 Å². The van der Waals surface area contributed by atoms with Gasteiger partial charge in [0.25, 0.3) is 5.22 Å². The average Bonchev–Trinajstić information content (AvgIpc) is 2.86. The van der Waals surface area contributed by atoms with Crippen LogP contribution in [0.2, 0.25) is 5.02 Å². The largest absolute Gasteiger partial charge is 0.430 e. The van der Waals surface area contributed by atoms with E-state index < -0.39 is 16.6 Å². The lowest BCUT2D eigenvalue weighted by molar-refractivity contribution is 0.477. The normalized spacial score (nSPS) is 12.7. The fourth-order valence-electron chi connectivity index (χ4n) is 1.87. The van der Waals surface area contributed by atoms with Crippen LogP contribution in [0.4, 0.5) is 10.1 Å². The summed E-state index contributed by atoms with van der Waals surface area (Å²) in [6.45, 7) is 0. The Labute approximate surface area is 127 Å². The Hall–Kier alpha value is -1.92. The van der Waals surface area contributed by atoms with E-state index in [1.807, 2.05) is 0 Å². The van der Waals surface area contributed by atoms with Gasteiger partial charge in [-0.2, -0.15) is 0 Å². The van der Waals surface area contributed by atoms with Crippen molar-refractivity contribution in [1.82, 2.24) is 4.98 Å². The first kappa shape index (κ1) is 14.0. The van der Waals surface area contributed by atoms with E-state index in [1.54, 1.807) is 18.2 Å². The summed E-state index contributed by atoms with van der Waals surface area (Å²) in [5.74, 6) is -0.526. The third-order valence-electron chi connectivity index (χ3n) is 2.88. The summed E-state index contributed by atoms with van der Waals surface area (Å²) >= 11 is 5.81. The predicted molar refractivity (Wildman–Crippen MR) is 79.9 cm³/mol. The molecule has 4 nitrogen and oxygen atoms in total. The SMILES string of the molecule is Nc1ccc2nc(S(=O)Cc3cc(Cl)ccc3F)oc2c1. The van der Waals surface area contributed by atoms with Crippen LogP contribution in [0, 0.1) is 5.82 Å². The van der Waals surface area contributed by atoms with E-state index >= 15 is 0 Å². The number of nitrogen functional groups attached to an aromatic ring is 1. The third kappa shape index (κ3) is 2.91. The molecule has 0 aliphatic heterocycles. The van der Waals surface area contributed by atoms with E-state index in [9.17, 15) is 8.60 Å². The second-order valence-corrected chi connectivity index (χ2v) is 6.20. The van der Waals surface area contributed by atoms with Gasteiger partial charge in [-0.3, -0.25) is 0 Å². The standard InChI is InChI=1S/C14H10ClFN2O2S/c15-9-1-3-11(16)8(5-9)7-21(19)14-18-12-4-2-10(17)6-13(12)20-14/h1-6H,7,17H2.